The molecule has 1 amide bonds. The summed E-state index contributed by atoms with van der Waals surface area (Å²) in [6.45, 7) is 5.79. The van der Waals surface area contributed by atoms with Crippen LogP contribution in [0.4, 0.5) is 46.5 Å². The van der Waals surface area contributed by atoms with Crippen molar-refractivity contribution in [2.75, 3.05) is 78.7 Å². The summed E-state index contributed by atoms with van der Waals surface area (Å²) in [7, 11) is -2.02. The second-order valence-corrected chi connectivity index (χ2v) is 17.2. The van der Waals surface area contributed by atoms with Crippen molar-refractivity contribution in [1.82, 2.24) is 29.8 Å². The lowest BCUT2D eigenvalue weighted by molar-refractivity contribution is -0.141. The molecule has 57 heavy (non-hydrogen) atoms. The maximum absolute atomic E-state index is 14.7. The Morgan fingerprint density at radius 1 is 0.930 bits per heavy atom. The number of amides is 1. The lowest BCUT2D eigenvalue weighted by Crippen LogP contribution is -2.60. The summed E-state index contributed by atoms with van der Waals surface area (Å²) < 4.78 is 86.9. The fourth-order valence-electron chi connectivity index (χ4n) is 8.39. The topological polar surface area (TPSA) is 150 Å². The number of anilines is 5. The molecule has 0 radical (unpaired) electrons. The molecule has 4 fully saturated rings. The molecular weight excluding hydrogens is 769 g/mol. The molecule has 4 saturated heterocycles. The van der Waals surface area contributed by atoms with Gasteiger partial charge in [0.15, 0.2) is 9.84 Å². The monoisotopic (exact) mass is 810 g/mol. The van der Waals surface area contributed by atoms with Gasteiger partial charge in [0.25, 0.3) is 0 Å². The van der Waals surface area contributed by atoms with E-state index < -0.39 is 39.2 Å². The summed E-state index contributed by atoms with van der Waals surface area (Å²) in [6.07, 6.45) is 3.13. The van der Waals surface area contributed by atoms with Gasteiger partial charge < -0.3 is 29.7 Å². The molecule has 4 atom stereocenters. The van der Waals surface area contributed by atoms with Gasteiger partial charge in [-0.2, -0.15) is 18.2 Å². The number of pyridine rings is 3. The Morgan fingerprint density at radius 3 is 2.49 bits per heavy atom. The number of likely N-dealkylation sites (tertiary alicyclic amines) is 1. The number of halogens is 4. The maximum Gasteiger partial charge on any atom is 0.433 e. The van der Waals surface area contributed by atoms with Gasteiger partial charge in [-0.05, 0) is 49.6 Å². The first-order valence-corrected chi connectivity index (χ1v) is 20.5. The molecule has 0 aliphatic carbocycles. The molecule has 1 N–H and O–H groups in total. The number of rotatable bonds is 9. The summed E-state index contributed by atoms with van der Waals surface area (Å²) in [5.41, 5.74) is 0.676. The Balaban J connectivity index is 1.06. The Hall–Kier alpha value is -5.17. The van der Waals surface area contributed by atoms with Crippen molar-refractivity contribution < 1.29 is 35.5 Å². The zero-order chi connectivity index (χ0) is 40.1. The highest BCUT2D eigenvalue weighted by molar-refractivity contribution is 7.92. The fraction of sp³-hybridized carbons (Fsp3) is 0.474. The van der Waals surface area contributed by atoms with E-state index in [-0.39, 0.29) is 48.9 Å². The first-order valence-electron chi connectivity index (χ1n) is 18.8. The first kappa shape index (κ1) is 38.7. The van der Waals surface area contributed by atoms with Crippen LogP contribution in [0.5, 0.6) is 0 Å². The van der Waals surface area contributed by atoms with Crippen LogP contribution in [-0.2, 0) is 25.5 Å². The number of hydrogen-bond acceptors (Lipinski definition) is 13. The summed E-state index contributed by atoms with van der Waals surface area (Å²) in [5, 5.41) is 3.97. The van der Waals surface area contributed by atoms with Gasteiger partial charge in [0, 0.05) is 87.3 Å². The van der Waals surface area contributed by atoms with Crippen LogP contribution in [0, 0.1) is 5.92 Å². The number of nitrogens with zero attached hydrogens (tertiary/aromatic N) is 9. The van der Waals surface area contributed by atoms with Crippen LogP contribution in [0.1, 0.15) is 36.7 Å². The molecule has 8 heterocycles. The highest BCUT2D eigenvalue weighted by atomic mass is 32.2. The average molecular weight is 811 g/mol. The highest BCUT2D eigenvalue weighted by Gasteiger charge is 2.45. The van der Waals surface area contributed by atoms with Crippen LogP contribution >= 0.6 is 0 Å². The van der Waals surface area contributed by atoms with Gasteiger partial charge in [-0.15, -0.1) is 0 Å². The largest absolute Gasteiger partial charge is 0.433 e. The van der Waals surface area contributed by atoms with Crippen molar-refractivity contribution in [2.24, 2.45) is 5.92 Å². The van der Waals surface area contributed by atoms with E-state index in [4.69, 9.17) is 14.7 Å². The third kappa shape index (κ3) is 7.65. The molecule has 302 valence electrons. The van der Waals surface area contributed by atoms with E-state index in [0.717, 1.165) is 35.1 Å². The Bertz CT molecular complexity index is 2280. The van der Waals surface area contributed by atoms with E-state index >= 15 is 0 Å². The number of sulfone groups is 1. The minimum atomic E-state index is -4.62. The van der Waals surface area contributed by atoms with Gasteiger partial charge >= 0.3 is 6.18 Å². The van der Waals surface area contributed by atoms with Gasteiger partial charge in [0.05, 0.1) is 47.3 Å². The van der Waals surface area contributed by atoms with Gasteiger partial charge in [0.1, 0.15) is 23.5 Å². The summed E-state index contributed by atoms with van der Waals surface area (Å²) in [4.78, 5) is 42.2. The van der Waals surface area contributed by atoms with Gasteiger partial charge in [-0.25, -0.2) is 22.8 Å². The van der Waals surface area contributed by atoms with E-state index in [0.29, 0.717) is 62.3 Å². The Morgan fingerprint density at radius 2 is 1.74 bits per heavy atom. The number of carbonyl (C=O) groups is 1. The number of ether oxygens (including phenoxy) is 1. The van der Waals surface area contributed by atoms with Crippen LogP contribution < -0.4 is 20.0 Å². The van der Waals surface area contributed by atoms with Crippen molar-refractivity contribution in [3.8, 4) is 0 Å². The lowest BCUT2D eigenvalue weighted by atomic mass is 9.93. The molecule has 0 bridgehead atoms. The number of alkyl halides is 4. The molecule has 2 unspecified atom stereocenters. The van der Waals surface area contributed by atoms with Crippen LogP contribution in [0.2, 0.25) is 0 Å². The third-order valence-corrected chi connectivity index (χ3v) is 13.7. The molecular formula is C38H42F4N10O4S. The Labute approximate surface area is 326 Å². The average Bonchev–Trinajstić information content (AvgIpc) is 3.67. The fourth-order valence-corrected chi connectivity index (χ4v) is 10.3. The number of hydrogen-bond donors (Lipinski definition) is 1. The molecule has 4 aromatic rings. The SMILES string of the molecule is C=CC(=O)N1CCCC1c1ncc(N2CC(C3CN(c4ccnc(C(F)(F)F)c4)CCS3(=O)=O)C2)c2cnc(Nc3ccnc(N4CC[C@@H](OC)[C@@H](F)C4)n3)cc12. The third-order valence-electron chi connectivity index (χ3n) is 11.5. The second kappa shape index (κ2) is 15.3. The van der Waals surface area contributed by atoms with E-state index in [1.54, 1.807) is 39.4 Å². The van der Waals surface area contributed by atoms with Crippen molar-refractivity contribution in [3.63, 3.8) is 0 Å². The van der Waals surface area contributed by atoms with Gasteiger partial charge in [-0.3, -0.25) is 14.8 Å². The van der Waals surface area contributed by atoms with Crippen LogP contribution in [-0.4, -0.2) is 120 Å². The molecule has 0 spiro atoms. The number of fused-ring (bicyclic) bond motifs is 1. The standard InChI is InChI=1S/C38H42F4N10O4S/c1-3-35(53)52-11-4-5-28(52)36-25-16-34(47-33-7-10-44-37(48-33)50-12-8-30(56-2)27(39)21-50)45-17-26(25)29(18-46-36)51-19-23(20-51)31-22-49(13-14-57(31,54)55)24-6-9-43-32(15-24)38(40,41)42/h3,6-7,9-10,15-18,23,27-28,30-31H,1,4-5,8,11-14,19-22H2,2H3,(H,44,45,47,48)/t27-,28?,30+,31?/m0/s1. The Kier molecular flexibility index (Phi) is 10.4. The molecule has 4 aliphatic heterocycles. The van der Waals surface area contributed by atoms with Crippen molar-refractivity contribution in [2.45, 2.75) is 49.0 Å². The van der Waals surface area contributed by atoms with E-state index in [1.807, 2.05) is 11.0 Å². The summed E-state index contributed by atoms with van der Waals surface area (Å²) in [5.74, 6) is 0.621. The van der Waals surface area contributed by atoms with Crippen molar-refractivity contribution >= 4 is 55.5 Å². The van der Waals surface area contributed by atoms with Crippen LogP contribution in [0.3, 0.4) is 0 Å². The zero-order valence-electron chi connectivity index (χ0n) is 31.1. The molecule has 19 heteroatoms. The van der Waals surface area contributed by atoms with E-state index in [1.165, 1.54) is 19.3 Å². The predicted octanol–water partition coefficient (Wildman–Crippen LogP) is 4.73. The van der Waals surface area contributed by atoms with E-state index in [9.17, 15) is 30.8 Å². The first-order chi connectivity index (χ1) is 27.3. The number of methoxy groups -OCH3 is 1. The minimum Gasteiger partial charge on any atom is -0.378 e. The lowest BCUT2D eigenvalue weighted by Gasteiger charge is -2.47. The summed E-state index contributed by atoms with van der Waals surface area (Å²) in [6, 6.07) is 5.65. The number of nitrogens with one attached hydrogen (secondary N) is 1. The number of aromatic nitrogens is 5. The molecule has 4 aliphatic rings. The maximum atomic E-state index is 14.7. The molecule has 0 aromatic carbocycles. The molecule has 14 nitrogen and oxygen atoms in total. The zero-order valence-corrected chi connectivity index (χ0v) is 32.0. The molecule has 4 aromatic heterocycles. The number of carbonyl (C=O) groups excluding carboxylic acids is 1. The van der Waals surface area contributed by atoms with Crippen LogP contribution in [0.15, 0.2) is 61.7 Å². The van der Waals surface area contributed by atoms with E-state index in [2.05, 4.69) is 26.8 Å². The summed E-state index contributed by atoms with van der Waals surface area (Å²) >= 11 is 0. The van der Waals surface area contributed by atoms with Crippen molar-refractivity contribution in [1.29, 1.82) is 0 Å². The number of piperidine rings is 1. The second-order valence-electron chi connectivity index (χ2n) is 14.8. The van der Waals surface area contributed by atoms with Crippen LogP contribution in [0.25, 0.3) is 10.8 Å². The quantitative estimate of drug-likeness (QED) is 0.184. The van der Waals surface area contributed by atoms with Gasteiger partial charge in [-0.1, -0.05) is 6.58 Å². The van der Waals surface area contributed by atoms with Crippen molar-refractivity contribution in [3.05, 3.63) is 73.1 Å². The molecule has 0 saturated carbocycles. The molecule has 8 rings (SSSR count). The highest BCUT2D eigenvalue weighted by Crippen LogP contribution is 2.41. The normalized spacial score (nSPS) is 24.1. The smallest absolute Gasteiger partial charge is 0.378 e. The minimum absolute atomic E-state index is 0.0655. The predicted molar refractivity (Wildman–Crippen MR) is 206 cm³/mol. The van der Waals surface area contributed by atoms with Gasteiger partial charge in [0.2, 0.25) is 11.9 Å².